The Labute approximate surface area is 168 Å². The first-order chi connectivity index (χ1) is 13.2. The van der Waals surface area contributed by atoms with E-state index >= 15 is 0 Å². The number of halogens is 1. The molecule has 0 saturated carbocycles. The van der Waals surface area contributed by atoms with Crippen molar-refractivity contribution in [2.75, 3.05) is 17.2 Å². The van der Waals surface area contributed by atoms with Crippen LogP contribution in [0.2, 0.25) is 5.28 Å². The Morgan fingerprint density at radius 2 is 1.48 bits per heavy atom. The van der Waals surface area contributed by atoms with Gasteiger partial charge in [-0.2, -0.15) is 15.0 Å². The Morgan fingerprint density at radius 1 is 0.852 bits per heavy atom. The van der Waals surface area contributed by atoms with Gasteiger partial charge in [-0.15, -0.1) is 0 Å². The van der Waals surface area contributed by atoms with Crippen molar-refractivity contribution in [3.8, 4) is 0 Å². The van der Waals surface area contributed by atoms with E-state index in [4.69, 9.17) is 11.6 Å². The van der Waals surface area contributed by atoms with Gasteiger partial charge in [-0.3, -0.25) is 0 Å². The molecule has 0 aliphatic carbocycles. The van der Waals surface area contributed by atoms with Crippen LogP contribution >= 0.6 is 11.6 Å². The zero-order valence-electron chi connectivity index (χ0n) is 16.5. The second-order valence-electron chi connectivity index (χ2n) is 6.93. The van der Waals surface area contributed by atoms with Crippen LogP contribution in [0.1, 0.15) is 76.8 Å². The topological polar surface area (TPSA) is 62.7 Å². The van der Waals surface area contributed by atoms with E-state index in [0.29, 0.717) is 11.9 Å². The molecule has 0 spiro atoms. The molecule has 27 heavy (non-hydrogen) atoms. The summed E-state index contributed by atoms with van der Waals surface area (Å²) in [6, 6.07) is 10.3. The van der Waals surface area contributed by atoms with Crippen LogP contribution < -0.4 is 10.6 Å². The summed E-state index contributed by atoms with van der Waals surface area (Å²) in [5, 5.41) is 6.75. The summed E-state index contributed by atoms with van der Waals surface area (Å²) in [5.74, 6) is 1.02. The molecule has 2 N–H and O–H groups in total. The van der Waals surface area contributed by atoms with Gasteiger partial charge in [0, 0.05) is 6.54 Å². The third kappa shape index (κ3) is 8.57. The van der Waals surface area contributed by atoms with E-state index in [-0.39, 0.29) is 11.3 Å². The van der Waals surface area contributed by atoms with Crippen molar-refractivity contribution in [1.82, 2.24) is 15.0 Å². The van der Waals surface area contributed by atoms with Gasteiger partial charge in [0.15, 0.2) is 0 Å². The number of unbranched alkanes of at least 4 members (excludes halogenated alkanes) is 7. The van der Waals surface area contributed by atoms with Crippen molar-refractivity contribution in [2.45, 2.75) is 71.3 Å². The summed E-state index contributed by atoms with van der Waals surface area (Å²) >= 11 is 6.06. The first-order valence-electron chi connectivity index (χ1n) is 10.2. The van der Waals surface area contributed by atoms with Gasteiger partial charge in [0.1, 0.15) is 0 Å². The molecule has 0 aliphatic rings. The van der Waals surface area contributed by atoms with Gasteiger partial charge in [-0.1, -0.05) is 82.2 Å². The van der Waals surface area contributed by atoms with E-state index in [1.807, 2.05) is 18.2 Å². The second-order valence-corrected chi connectivity index (χ2v) is 7.27. The molecule has 1 aromatic carbocycles. The van der Waals surface area contributed by atoms with Gasteiger partial charge >= 0.3 is 0 Å². The van der Waals surface area contributed by atoms with Crippen molar-refractivity contribution in [1.29, 1.82) is 0 Å². The van der Waals surface area contributed by atoms with Gasteiger partial charge in [0.2, 0.25) is 17.2 Å². The minimum Gasteiger partial charge on any atom is -0.354 e. The fraction of sp³-hybridized carbons (Fsp3) is 0.571. The van der Waals surface area contributed by atoms with Crippen LogP contribution in [-0.4, -0.2) is 21.5 Å². The van der Waals surface area contributed by atoms with E-state index in [0.717, 1.165) is 13.0 Å². The van der Waals surface area contributed by atoms with Crippen LogP contribution in [-0.2, 0) is 0 Å². The highest BCUT2D eigenvalue weighted by atomic mass is 35.5. The molecule has 1 heterocycles. The fourth-order valence-corrected chi connectivity index (χ4v) is 3.13. The normalized spacial score (nSPS) is 12.0. The molecule has 2 aromatic rings. The Kier molecular flexibility index (Phi) is 9.91. The lowest BCUT2D eigenvalue weighted by molar-refractivity contribution is 0.580. The maximum Gasteiger partial charge on any atom is 0.229 e. The fourth-order valence-electron chi connectivity index (χ4n) is 2.97. The molecular weight excluding hydrogens is 358 g/mol. The van der Waals surface area contributed by atoms with Crippen molar-refractivity contribution in [3.63, 3.8) is 0 Å². The highest BCUT2D eigenvalue weighted by Crippen LogP contribution is 2.18. The Hall–Kier alpha value is -1.88. The largest absolute Gasteiger partial charge is 0.354 e. The monoisotopic (exact) mass is 389 g/mol. The number of benzene rings is 1. The lowest BCUT2D eigenvalue weighted by Gasteiger charge is -2.14. The zero-order valence-corrected chi connectivity index (χ0v) is 17.3. The number of hydrogen-bond donors (Lipinski definition) is 2. The molecule has 1 aromatic heterocycles. The van der Waals surface area contributed by atoms with E-state index < -0.39 is 0 Å². The van der Waals surface area contributed by atoms with E-state index in [1.54, 1.807) is 0 Å². The smallest absolute Gasteiger partial charge is 0.229 e. The Bertz CT molecular complexity index is 650. The van der Waals surface area contributed by atoms with E-state index in [2.05, 4.69) is 51.6 Å². The zero-order chi connectivity index (χ0) is 19.3. The molecule has 1 atom stereocenters. The van der Waals surface area contributed by atoms with Gasteiger partial charge < -0.3 is 10.6 Å². The molecule has 148 valence electrons. The maximum absolute atomic E-state index is 6.06. The van der Waals surface area contributed by atoms with Gasteiger partial charge in [0.25, 0.3) is 0 Å². The summed E-state index contributed by atoms with van der Waals surface area (Å²) in [6.45, 7) is 5.17. The quantitative estimate of drug-likeness (QED) is 0.396. The van der Waals surface area contributed by atoms with E-state index in [1.165, 1.54) is 50.5 Å². The number of nitrogens with zero attached hydrogens (tertiary/aromatic N) is 3. The van der Waals surface area contributed by atoms with Crippen LogP contribution in [0.15, 0.2) is 30.3 Å². The molecule has 2 rings (SSSR count). The third-order valence-corrected chi connectivity index (χ3v) is 4.74. The first kappa shape index (κ1) is 21.4. The predicted octanol–water partition coefficient (Wildman–Crippen LogP) is 6.25. The van der Waals surface area contributed by atoms with Gasteiger partial charge in [-0.05, 0) is 30.5 Å². The molecule has 0 amide bonds. The minimum atomic E-state index is 0.0882. The van der Waals surface area contributed by atoms with Crippen molar-refractivity contribution < 1.29 is 0 Å². The van der Waals surface area contributed by atoms with E-state index in [9.17, 15) is 0 Å². The highest BCUT2D eigenvalue weighted by Gasteiger charge is 2.09. The molecule has 6 heteroatoms. The highest BCUT2D eigenvalue weighted by molar-refractivity contribution is 6.28. The number of nitrogens with one attached hydrogen (secondary N) is 2. The van der Waals surface area contributed by atoms with Crippen molar-refractivity contribution in [3.05, 3.63) is 41.2 Å². The van der Waals surface area contributed by atoms with Crippen LogP contribution in [0.4, 0.5) is 11.9 Å². The standard InChI is InChI=1S/C21H32ClN5/c1-3-4-5-6-7-8-9-13-16-23-20-25-19(22)26-21(27-20)24-17(2)18-14-11-10-12-15-18/h10-12,14-15,17H,3-9,13,16H2,1-2H3,(H2,23,24,25,26,27)/t17-/m1/s1. The van der Waals surface area contributed by atoms with Crippen molar-refractivity contribution in [2.24, 2.45) is 0 Å². The molecule has 0 fully saturated rings. The average molecular weight is 390 g/mol. The predicted molar refractivity (Wildman–Crippen MR) is 114 cm³/mol. The lowest BCUT2D eigenvalue weighted by Crippen LogP contribution is -2.12. The van der Waals surface area contributed by atoms with Crippen LogP contribution in [0, 0.1) is 0 Å². The number of aromatic nitrogens is 3. The summed E-state index contributed by atoms with van der Waals surface area (Å²) in [6.07, 6.45) is 10.4. The summed E-state index contributed by atoms with van der Waals surface area (Å²) in [5.41, 5.74) is 1.17. The summed E-state index contributed by atoms with van der Waals surface area (Å²) < 4.78 is 0. The minimum absolute atomic E-state index is 0.0882. The molecule has 5 nitrogen and oxygen atoms in total. The van der Waals surface area contributed by atoms with Crippen LogP contribution in [0.3, 0.4) is 0 Å². The van der Waals surface area contributed by atoms with Crippen LogP contribution in [0.25, 0.3) is 0 Å². The first-order valence-corrected chi connectivity index (χ1v) is 10.5. The molecule has 0 radical (unpaired) electrons. The average Bonchev–Trinajstić information content (AvgIpc) is 2.67. The van der Waals surface area contributed by atoms with Crippen LogP contribution in [0.5, 0.6) is 0 Å². The molecule has 0 unspecified atom stereocenters. The molecule has 0 aliphatic heterocycles. The lowest BCUT2D eigenvalue weighted by atomic mass is 10.1. The summed E-state index contributed by atoms with van der Waals surface area (Å²) in [7, 11) is 0. The SMILES string of the molecule is CCCCCCCCCCNc1nc(Cl)nc(N[C@H](C)c2ccccc2)n1. The third-order valence-electron chi connectivity index (χ3n) is 4.57. The van der Waals surface area contributed by atoms with Gasteiger partial charge in [-0.25, -0.2) is 0 Å². The van der Waals surface area contributed by atoms with Gasteiger partial charge in [0.05, 0.1) is 6.04 Å². The Balaban J connectivity index is 1.73. The summed E-state index contributed by atoms with van der Waals surface area (Å²) in [4.78, 5) is 12.8. The number of hydrogen-bond acceptors (Lipinski definition) is 5. The maximum atomic E-state index is 6.06. The Morgan fingerprint density at radius 3 is 2.19 bits per heavy atom. The van der Waals surface area contributed by atoms with Crippen molar-refractivity contribution >= 4 is 23.5 Å². The number of rotatable bonds is 13. The molecule has 0 saturated heterocycles. The molecule has 0 bridgehead atoms. The second kappa shape index (κ2) is 12.5. The molecular formula is C21H32ClN5. The number of anilines is 2.